The van der Waals surface area contributed by atoms with Gasteiger partial charge in [-0.25, -0.2) is 0 Å². The van der Waals surface area contributed by atoms with E-state index in [1.54, 1.807) is 6.07 Å². The summed E-state index contributed by atoms with van der Waals surface area (Å²) in [7, 11) is 0. The monoisotopic (exact) mass is 176 g/mol. The Balaban J connectivity index is 2.96. The number of fused-ring (bicyclic) bond motifs is 1. The molecule has 12 heavy (non-hydrogen) atoms. The molecule has 0 aliphatic heterocycles. The zero-order chi connectivity index (χ0) is 8.55. The fourth-order valence-electron chi connectivity index (χ4n) is 1.30. The van der Waals surface area contributed by atoms with Gasteiger partial charge < -0.3 is 5.11 Å². The van der Waals surface area contributed by atoms with Gasteiger partial charge in [0, 0.05) is 10.3 Å². The maximum absolute atomic E-state index is 9.50. The van der Waals surface area contributed by atoms with Gasteiger partial charge >= 0.3 is 0 Å². The Kier molecular flexibility index (Phi) is 1.70. The number of hydrogen-bond donors (Lipinski definition) is 2. The van der Waals surface area contributed by atoms with Crippen LogP contribution in [0.25, 0.3) is 10.8 Å². The lowest BCUT2D eigenvalue weighted by atomic mass is 10.1. The second-order valence-corrected chi connectivity index (χ2v) is 3.13. The normalized spacial score (nSPS) is 10.4. The van der Waals surface area contributed by atoms with E-state index in [2.05, 4.69) is 12.6 Å². The number of hydrogen-bond acceptors (Lipinski definition) is 2. The van der Waals surface area contributed by atoms with Gasteiger partial charge in [-0.1, -0.05) is 24.3 Å². The molecule has 0 amide bonds. The molecule has 0 aromatic heterocycles. The first-order valence-corrected chi connectivity index (χ1v) is 4.13. The molecule has 0 atom stereocenters. The fraction of sp³-hybridized carbons (Fsp3) is 0. The molecule has 2 rings (SSSR count). The van der Waals surface area contributed by atoms with Gasteiger partial charge in [-0.15, -0.1) is 12.6 Å². The highest BCUT2D eigenvalue weighted by Crippen LogP contribution is 2.29. The highest BCUT2D eigenvalue weighted by Gasteiger charge is 2.00. The first kappa shape index (κ1) is 7.50. The molecule has 0 radical (unpaired) electrons. The Morgan fingerprint density at radius 1 is 1.00 bits per heavy atom. The van der Waals surface area contributed by atoms with Crippen molar-refractivity contribution >= 4 is 23.4 Å². The average molecular weight is 176 g/mol. The topological polar surface area (TPSA) is 20.2 Å². The Labute approximate surface area is 76.1 Å². The second kappa shape index (κ2) is 2.72. The van der Waals surface area contributed by atoms with Gasteiger partial charge in [0.15, 0.2) is 0 Å². The van der Waals surface area contributed by atoms with Crippen molar-refractivity contribution in [2.45, 2.75) is 4.90 Å². The van der Waals surface area contributed by atoms with Crippen molar-refractivity contribution in [3.8, 4) is 5.75 Å². The molecule has 0 aliphatic carbocycles. The summed E-state index contributed by atoms with van der Waals surface area (Å²) in [5.74, 6) is 0.290. The minimum absolute atomic E-state index is 0.290. The van der Waals surface area contributed by atoms with Crippen LogP contribution in [-0.2, 0) is 0 Å². The summed E-state index contributed by atoms with van der Waals surface area (Å²) in [5, 5.41) is 11.3. The van der Waals surface area contributed by atoms with Crippen molar-refractivity contribution < 1.29 is 5.11 Å². The van der Waals surface area contributed by atoms with E-state index in [0.717, 1.165) is 15.7 Å². The predicted molar refractivity (Wildman–Crippen MR) is 52.9 cm³/mol. The van der Waals surface area contributed by atoms with Crippen molar-refractivity contribution in [3.63, 3.8) is 0 Å². The molecule has 0 saturated carbocycles. The van der Waals surface area contributed by atoms with Gasteiger partial charge in [-0.05, 0) is 17.5 Å². The van der Waals surface area contributed by atoms with Gasteiger partial charge in [0.25, 0.3) is 0 Å². The van der Waals surface area contributed by atoms with E-state index in [1.807, 2.05) is 30.3 Å². The van der Waals surface area contributed by atoms with Crippen LogP contribution in [0.3, 0.4) is 0 Å². The van der Waals surface area contributed by atoms with E-state index in [0.29, 0.717) is 0 Å². The van der Waals surface area contributed by atoms with Crippen molar-refractivity contribution in [3.05, 3.63) is 36.4 Å². The van der Waals surface area contributed by atoms with E-state index in [4.69, 9.17) is 0 Å². The molecule has 60 valence electrons. The first-order chi connectivity index (χ1) is 5.79. The van der Waals surface area contributed by atoms with Crippen LogP contribution in [0.5, 0.6) is 5.75 Å². The van der Waals surface area contributed by atoms with E-state index in [1.165, 1.54) is 0 Å². The van der Waals surface area contributed by atoms with Gasteiger partial charge in [0.05, 0.1) is 0 Å². The molecule has 0 bridgehead atoms. The minimum Gasteiger partial charge on any atom is -0.507 e. The van der Waals surface area contributed by atoms with Crippen molar-refractivity contribution in [1.82, 2.24) is 0 Å². The predicted octanol–water partition coefficient (Wildman–Crippen LogP) is 2.83. The lowest BCUT2D eigenvalue weighted by Crippen LogP contribution is -1.74. The van der Waals surface area contributed by atoms with E-state index in [-0.39, 0.29) is 5.75 Å². The highest BCUT2D eigenvalue weighted by molar-refractivity contribution is 7.80. The van der Waals surface area contributed by atoms with Crippen LogP contribution in [0.1, 0.15) is 0 Å². The zero-order valence-corrected chi connectivity index (χ0v) is 7.25. The summed E-state index contributed by atoms with van der Waals surface area (Å²) in [4.78, 5) is 0.811. The number of rotatable bonds is 0. The Morgan fingerprint density at radius 3 is 2.33 bits per heavy atom. The van der Waals surface area contributed by atoms with Gasteiger partial charge in [-0.2, -0.15) is 0 Å². The van der Waals surface area contributed by atoms with Crippen LogP contribution in [0.15, 0.2) is 41.3 Å². The largest absolute Gasteiger partial charge is 0.507 e. The third-order valence-electron chi connectivity index (χ3n) is 1.86. The smallest absolute Gasteiger partial charge is 0.124 e. The van der Waals surface area contributed by atoms with Crippen molar-refractivity contribution in [2.75, 3.05) is 0 Å². The number of aromatic hydroxyl groups is 1. The lowest BCUT2D eigenvalue weighted by molar-refractivity contribution is 0.481. The molecule has 0 unspecified atom stereocenters. The molecule has 0 aliphatic rings. The molecule has 0 spiro atoms. The maximum Gasteiger partial charge on any atom is 0.124 e. The first-order valence-electron chi connectivity index (χ1n) is 3.69. The van der Waals surface area contributed by atoms with Gasteiger partial charge in [-0.3, -0.25) is 0 Å². The van der Waals surface area contributed by atoms with Crippen molar-refractivity contribution in [1.29, 1.82) is 0 Å². The second-order valence-electron chi connectivity index (χ2n) is 2.65. The molecule has 0 fully saturated rings. The van der Waals surface area contributed by atoms with Crippen LogP contribution in [0, 0.1) is 0 Å². The molecule has 2 aromatic rings. The fourth-order valence-corrected chi connectivity index (χ4v) is 1.63. The third-order valence-corrected chi connectivity index (χ3v) is 2.23. The van der Waals surface area contributed by atoms with E-state index in [9.17, 15) is 5.11 Å². The number of phenolic OH excluding ortho intramolecular Hbond substituents is 1. The Hall–Kier alpha value is -1.15. The third kappa shape index (κ3) is 1.04. The zero-order valence-electron chi connectivity index (χ0n) is 6.36. The summed E-state index contributed by atoms with van der Waals surface area (Å²) >= 11 is 4.26. The van der Waals surface area contributed by atoms with Crippen LogP contribution < -0.4 is 0 Å². The van der Waals surface area contributed by atoms with Crippen LogP contribution in [0.2, 0.25) is 0 Å². The molecule has 2 heteroatoms. The Morgan fingerprint density at radius 2 is 1.67 bits per heavy atom. The van der Waals surface area contributed by atoms with Crippen LogP contribution in [0.4, 0.5) is 0 Å². The summed E-state index contributed by atoms with van der Waals surface area (Å²) in [6, 6.07) is 11.2. The number of phenols is 1. The van der Waals surface area contributed by atoms with E-state index >= 15 is 0 Å². The lowest BCUT2D eigenvalue weighted by Gasteiger charge is -2.02. The molecule has 1 nitrogen and oxygen atoms in total. The molecule has 2 aromatic carbocycles. The highest BCUT2D eigenvalue weighted by atomic mass is 32.1. The molecule has 0 saturated heterocycles. The number of thiol groups is 1. The minimum atomic E-state index is 0.290. The van der Waals surface area contributed by atoms with Gasteiger partial charge in [0.2, 0.25) is 0 Å². The van der Waals surface area contributed by atoms with Gasteiger partial charge in [0.1, 0.15) is 5.75 Å². The van der Waals surface area contributed by atoms with E-state index < -0.39 is 0 Å². The number of benzene rings is 2. The van der Waals surface area contributed by atoms with Crippen molar-refractivity contribution in [2.24, 2.45) is 0 Å². The summed E-state index contributed by atoms with van der Waals surface area (Å²) in [6.45, 7) is 0. The average Bonchev–Trinajstić information content (AvgIpc) is 2.04. The standard InChI is InChI=1S/C10H8OS/c11-8-5-1-3-7-4-2-6-9(12)10(7)8/h1-6,11-12H. The molecule has 1 N–H and O–H groups in total. The van der Waals surface area contributed by atoms with Crippen LogP contribution >= 0.6 is 12.6 Å². The summed E-state index contributed by atoms with van der Waals surface area (Å²) in [5.41, 5.74) is 0. The summed E-state index contributed by atoms with van der Waals surface area (Å²) < 4.78 is 0. The molecule has 0 heterocycles. The quantitative estimate of drug-likeness (QED) is 0.591. The SMILES string of the molecule is Oc1cccc2cccc(S)c12. The maximum atomic E-state index is 9.50. The molecular weight excluding hydrogens is 168 g/mol. The molecular formula is C10H8OS. The Bertz CT molecular complexity index is 386. The van der Waals surface area contributed by atoms with Crippen LogP contribution in [-0.4, -0.2) is 5.11 Å². The summed E-state index contributed by atoms with van der Waals surface area (Å²) in [6.07, 6.45) is 0.